The summed E-state index contributed by atoms with van der Waals surface area (Å²) >= 11 is 5.79. The molecule has 2 N–H and O–H groups in total. The van der Waals surface area contributed by atoms with Gasteiger partial charge in [-0.2, -0.15) is 0 Å². The minimum Gasteiger partial charge on any atom is -0.507 e. The molecule has 0 aliphatic rings. The summed E-state index contributed by atoms with van der Waals surface area (Å²) in [6.07, 6.45) is 0. The zero-order valence-electron chi connectivity index (χ0n) is 11.1. The van der Waals surface area contributed by atoms with Gasteiger partial charge in [0.25, 0.3) is 5.91 Å². The first-order valence-corrected chi connectivity index (χ1v) is 6.36. The number of amides is 1. The number of carbonyl (C=O) groups is 1. The fraction of sp³-hybridized carbons (Fsp3) is 0.462. The maximum Gasteiger partial charge on any atom is 0.255 e. The lowest BCUT2D eigenvalue weighted by Crippen LogP contribution is -2.34. The van der Waals surface area contributed by atoms with Crippen LogP contribution in [-0.2, 0) is 4.74 Å². The molecule has 0 fully saturated rings. The number of rotatable bonds is 7. The highest BCUT2D eigenvalue weighted by Crippen LogP contribution is 2.21. The molecular weight excluding hydrogens is 268 g/mol. The Labute approximate surface area is 118 Å². The van der Waals surface area contributed by atoms with Crippen LogP contribution in [0.15, 0.2) is 18.2 Å². The fourth-order valence-electron chi connectivity index (χ4n) is 1.50. The van der Waals surface area contributed by atoms with E-state index >= 15 is 0 Å². The van der Waals surface area contributed by atoms with Gasteiger partial charge in [0.15, 0.2) is 0 Å². The standard InChI is InChI=1S/C13H19ClN2O3/c1-16(7-8-19-2)6-5-15-13(18)11-9-10(14)3-4-12(11)17/h3-4,9,17H,5-8H2,1-2H3,(H,15,18). The van der Waals surface area contributed by atoms with E-state index in [1.807, 2.05) is 11.9 Å². The van der Waals surface area contributed by atoms with E-state index in [0.29, 0.717) is 24.7 Å². The summed E-state index contributed by atoms with van der Waals surface area (Å²) in [5, 5.41) is 12.7. The van der Waals surface area contributed by atoms with Gasteiger partial charge in [0.2, 0.25) is 0 Å². The molecule has 1 aromatic rings. The first kappa shape index (κ1) is 15.8. The Balaban J connectivity index is 2.41. The molecule has 1 aromatic carbocycles. The SMILES string of the molecule is COCCN(C)CCNC(=O)c1cc(Cl)ccc1O. The lowest BCUT2D eigenvalue weighted by molar-refractivity contribution is 0.0945. The lowest BCUT2D eigenvalue weighted by atomic mass is 10.2. The number of phenolic OH excluding ortho intramolecular Hbond substituents is 1. The number of methoxy groups -OCH3 is 1. The fourth-order valence-corrected chi connectivity index (χ4v) is 1.68. The number of hydrogen-bond acceptors (Lipinski definition) is 4. The van der Waals surface area contributed by atoms with Crippen LogP contribution in [0.25, 0.3) is 0 Å². The number of hydrogen-bond donors (Lipinski definition) is 2. The third kappa shape index (κ3) is 5.46. The van der Waals surface area contributed by atoms with Gasteiger partial charge in [-0.3, -0.25) is 4.79 Å². The zero-order valence-corrected chi connectivity index (χ0v) is 11.9. The van der Waals surface area contributed by atoms with E-state index in [4.69, 9.17) is 16.3 Å². The van der Waals surface area contributed by atoms with E-state index in [2.05, 4.69) is 5.32 Å². The van der Waals surface area contributed by atoms with Gasteiger partial charge in [0.05, 0.1) is 12.2 Å². The predicted octanol–water partition coefficient (Wildman–Crippen LogP) is 1.35. The third-order valence-electron chi connectivity index (χ3n) is 2.66. The molecule has 0 radical (unpaired) electrons. The molecule has 6 heteroatoms. The van der Waals surface area contributed by atoms with E-state index in [-0.39, 0.29) is 17.2 Å². The van der Waals surface area contributed by atoms with Crippen molar-refractivity contribution >= 4 is 17.5 Å². The number of halogens is 1. The Morgan fingerprint density at radius 3 is 2.89 bits per heavy atom. The summed E-state index contributed by atoms with van der Waals surface area (Å²) in [7, 11) is 3.60. The minimum absolute atomic E-state index is 0.0744. The summed E-state index contributed by atoms with van der Waals surface area (Å²) in [5.41, 5.74) is 0.187. The average Bonchev–Trinajstić information content (AvgIpc) is 2.39. The smallest absolute Gasteiger partial charge is 0.255 e. The molecule has 0 aliphatic carbocycles. The Morgan fingerprint density at radius 2 is 2.21 bits per heavy atom. The van der Waals surface area contributed by atoms with Crippen molar-refractivity contribution < 1.29 is 14.6 Å². The van der Waals surface area contributed by atoms with Gasteiger partial charge in [-0.05, 0) is 25.2 Å². The Morgan fingerprint density at radius 1 is 1.47 bits per heavy atom. The van der Waals surface area contributed by atoms with Crippen molar-refractivity contribution in [2.45, 2.75) is 0 Å². The number of carbonyl (C=O) groups excluding carboxylic acids is 1. The van der Waals surface area contributed by atoms with Gasteiger partial charge in [-0.15, -0.1) is 0 Å². The van der Waals surface area contributed by atoms with Gasteiger partial charge < -0.3 is 20.1 Å². The maximum atomic E-state index is 11.8. The van der Waals surface area contributed by atoms with Crippen molar-refractivity contribution in [3.63, 3.8) is 0 Å². The molecule has 0 saturated heterocycles. The number of benzene rings is 1. The van der Waals surface area contributed by atoms with E-state index in [0.717, 1.165) is 6.54 Å². The Bertz CT molecular complexity index is 426. The molecule has 0 unspecified atom stereocenters. The molecule has 0 atom stereocenters. The molecule has 106 valence electrons. The first-order chi connectivity index (χ1) is 9.04. The third-order valence-corrected chi connectivity index (χ3v) is 2.89. The van der Waals surface area contributed by atoms with Crippen LogP contribution in [0, 0.1) is 0 Å². The predicted molar refractivity (Wildman–Crippen MR) is 74.8 cm³/mol. The number of nitrogens with one attached hydrogen (secondary N) is 1. The summed E-state index contributed by atoms with van der Waals surface area (Å²) < 4.78 is 4.96. The van der Waals surface area contributed by atoms with E-state index < -0.39 is 0 Å². The molecular formula is C13H19ClN2O3. The van der Waals surface area contributed by atoms with Gasteiger partial charge in [0.1, 0.15) is 5.75 Å². The number of ether oxygens (including phenoxy) is 1. The van der Waals surface area contributed by atoms with Crippen LogP contribution in [-0.4, -0.2) is 56.3 Å². The van der Waals surface area contributed by atoms with Crippen LogP contribution in [0.4, 0.5) is 0 Å². The first-order valence-electron chi connectivity index (χ1n) is 5.98. The molecule has 0 heterocycles. The van der Waals surface area contributed by atoms with Crippen LogP contribution in [0.1, 0.15) is 10.4 Å². The van der Waals surface area contributed by atoms with Crippen molar-refractivity contribution in [1.82, 2.24) is 10.2 Å². The van der Waals surface area contributed by atoms with Crippen molar-refractivity contribution in [1.29, 1.82) is 0 Å². The number of phenols is 1. The molecule has 19 heavy (non-hydrogen) atoms. The zero-order chi connectivity index (χ0) is 14.3. The average molecular weight is 287 g/mol. The van der Waals surface area contributed by atoms with Gasteiger partial charge in [-0.1, -0.05) is 11.6 Å². The van der Waals surface area contributed by atoms with E-state index in [1.54, 1.807) is 7.11 Å². The van der Waals surface area contributed by atoms with Crippen LogP contribution < -0.4 is 5.32 Å². The van der Waals surface area contributed by atoms with Crippen LogP contribution >= 0.6 is 11.6 Å². The number of nitrogens with zero attached hydrogens (tertiary/aromatic N) is 1. The maximum absolute atomic E-state index is 11.8. The van der Waals surface area contributed by atoms with E-state index in [1.165, 1.54) is 18.2 Å². The molecule has 0 aliphatic heterocycles. The lowest BCUT2D eigenvalue weighted by Gasteiger charge is -2.16. The highest BCUT2D eigenvalue weighted by Gasteiger charge is 2.11. The van der Waals surface area contributed by atoms with Gasteiger partial charge in [-0.25, -0.2) is 0 Å². The largest absolute Gasteiger partial charge is 0.507 e. The van der Waals surface area contributed by atoms with Gasteiger partial charge >= 0.3 is 0 Å². The van der Waals surface area contributed by atoms with Crippen molar-refractivity contribution in [3.8, 4) is 5.75 Å². The van der Waals surface area contributed by atoms with Gasteiger partial charge in [0, 0.05) is 31.8 Å². The quantitative estimate of drug-likeness (QED) is 0.794. The Hall–Kier alpha value is -1.30. The van der Waals surface area contributed by atoms with Crippen molar-refractivity contribution in [2.24, 2.45) is 0 Å². The summed E-state index contributed by atoms with van der Waals surface area (Å²) in [6, 6.07) is 4.38. The summed E-state index contributed by atoms with van der Waals surface area (Å²) in [6.45, 7) is 2.65. The van der Waals surface area contributed by atoms with Crippen molar-refractivity contribution in [2.75, 3.05) is 40.4 Å². The minimum atomic E-state index is -0.333. The highest BCUT2D eigenvalue weighted by molar-refractivity contribution is 6.31. The topological polar surface area (TPSA) is 61.8 Å². The molecule has 0 spiro atoms. The number of likely N-dealkylation sites (N-methyl/N-ethyl adjacent to an activating group) is 1. The molecule has 1 rings (SSSR count). The van der Waals surface area contributed by atoms with Crippen LogP contribution in [0.2, 0.25) is 5.02 Å². The number of aromatic hydroxyl groups is 1. The molecule has 0 bridgehead atoms. The van der Waals surface area contributed by atoms with E-state index in [9.17, 15) is 9.90 Å². The summed E-state index contributed by atoms with van der Waals surface area (Å²) in [5.74, 6) is -0.408. The second kappa shape index (κ2) is 7.99. The summed E-state index contributed by atoms with van der Waals surface area (Å²) in [4.78, 5) is 13.9. The van der Waals surface area contributed by atoms with Crippen molar-refractivity contribution in [3.05, 3.63) is 28.8 Å². The molecule has 0 aromatic heterocycles. The van der Waals surface area contributed by atoms with Crippen LogP contribution in [0.5, 0.6) is 5.75 Å². The normalized spacial score (nSPS) is 10.7. The molecule has 5 nitrogen and oxygen atoms in total. The Kier molecular flexibility index (Phi) is 6.62. The van der Waals surface area contributed by atoms with Crippen LogP contribution in [0.3, 0.4) is 0 Å². The molecule has 1 amide bonds. The monoisotopic (exact) mass is 286 g/mol. The second-order valence-electron chi connectivity index (χ2n) is 4.21. The molecule has 0 saturated carbocycles. The second-order valence-corrected chi connectivity index (χ2v) is 4.65. The highest BCUT2D eigenvalue weighted by atomic mass is 35.5.